The Morgan fingerprint density at radius 3 is 2.69 bits per heavy atom. The van der Waals surface area contributed by atoms with Crippen molar-refractivity contribution in [1.29, 1.82) is 0 Å². The maximum Gasteiger partial charge on any atom is 0.316 e. The van der Waals surface area contributed by atoms with E-state index in [0.717, 1.165) is 33.7 Å². The van der Waals surface area contributed by atoms with Gasteiger partial charge in [-0.25, -0.2) is 8.42 Å². The zero-order valence-electron chi connectivity index (χ0n) is 16.0. The van der Waals surface area contributed by atoms with Crippen LogP contribution in [0, 0.1) is 6.92 Å². The van der Waals surface area contributed by atoms with Crippen molar-refractivity contribution < 1.29 is 22.7 Å². The fraction of sp³-hybridized carbons (Fsp3) is 0.375. The Hall–Kier alpha value is -1.89. The average molecular weight is 479 g/mol. The summed E-state index contributed by atoms with van der Waals surface area (Å²) in [7, 11) is -2.50. The first kappa shape index (κ1) is 23.4. The molecule has 0 unspecified atom stereocenters. The van der Waals surface area contributed by atoms with Crippen molar-refractivity contribution in [1.82, 2.24) is 10.2 Å². The molecule has 1 aromatic carbocycles. The molecule has 1 aromatic heterocycles. The molecule has 2 rings (SSSR count). The molecule has 0 saturated heterocycles. The molecular formula is C16H19ClN4O5S3. The lowest BCUT2D eigenvalue weighted by molar-refractivity contribution is -0.137. The normalized spacial score (nSPS) is 12.3. The number of nitrogens with one attached hydrogen (secondary N) is 1. The summed E-state index contributed by atoms with van der Waals surface area (Å²) in [5, 5.41) is 10.8. The van der Waals surface area contributed by atoms with Gasteiger partial charge in [0, 0.05) is 5.02 Å². The Bertz CT molecular complexity index is 1010. The summed E-state index contributed by atoms with van der Waals surface area (Å²) < 4.78 is 30.8. The van der Waals surface area contributed by atoms with E-state index in [0.29, 0.717) is 20.6 Å². The number of sulfonamides is 1. The smallest absolute Gasteiger partial charge is 0.316 e. The van der Waals surface area contributed by atoms with Crippen molar-refractivity contribution in [3.63, 3.8) is 0 Å². The van der Waals surface area contributed by atoms with Crippen LogP contribution < -0.4 is 9.62 Å². The Morgan fingerprint density at radius 2 is 2.07 bits per heavy atom. The van der Waals surface area contributed by atoms with Gasteiger partial charge in [-0.05, 0) is 31.5 Å². The highest BCUT2D eigenvalue weighted by molar-refractivity contribution is 8.01. The number of carbonyl (C=O) groups excluding carboxylic acids is 2. The van der Waals surface area contributed by atoms with Gasteiger partial charge in [-0.2, -0.15) is 0 Å². The minimum Gasteiger partial charge on any atom is -0.468 e. The van der Waals surface area contributed by atoms with Gasteiger partial charge in [0.25, 0.3) is 0 Å². The second-order valence-electron chi connectivity index (χ2n) is 5.89. The minimum absolute atomic E-state index is 0.0609. The van der Waals surface area contributed by atoms with E-state index < -0.39 is 27.9 Å². The summed E-state index contributed by atoms with van der Waals surface area (Å²) in [5.41, 5.74) is 0.964. The molecule has 158 valence electrons. The van der Waals surface area contributed by atoms with Crippen molar-refractivity contribution in [3.8, 4) is 0 Å². The van der Waals surface area contributed by atoms with Gasteiger partial charge >= 0.3 is 5.97 Å². The predicted molar refractivity (Wildman–Crippen MR) is 114 cm³/mol. The third-order valence-corrected chi connectivity index (χ3v) is 7.08. The molecule has 1 atom stereocenters. The molecule has 0 fully saturated rings. The van der Waals surface area contributed by atoms with Crippen LogP contribution in [0.1, 0.15) is 12.5 Å². The standard InChI is InChI=1S/C16H19ClN4O5S3/c1-9-5-6-11(17)7-12(9)21(29(4,24)25)10(2)14(23)18-15-19-20-16(28-15)27-8-13(22)26-3/h5-7,10H,8H2,1-4H3,(H,18,19,23)/t10-/m1/s1. The van der Waals surface area contributed by atoms with Crippen LogP contribution in [-0.2, 0) is 24.3 Å². The van der Waals surface area contributed by atoms with Crippen LogP contribution in [0.5, 0.6) is 0 Å². The first-order valence-electron chi connectivity index (χ1n) is 8.12. The number of hydrogen-bond donors (Lipinski definition) is 1. The topological polar surface area (TPSA) is 119 Å². The number of amides is 1. The molecule has 0 saturated carbocycles. The van der Waals surface area contributed by atoms with Crippen LogP contribution in [-0.4, -0.2) is 55.7 Å². The molecule has 0 aliphatic heterocycles. The monoisotopic (exact) mass is 478 g/mol. The first-order valence-corrected chi connectivity index (χ1v) is 12.1. The van der Waals surface area contributed by atoms with E-state index >= 15 is 0 Å². The number of benzene rings is 1. The highest BCUT2D eigenvalue weighted by atomic mass is 35.5. The number of methoxy groups -OCH3 is 1. The molecule has 1 heterocycles. The van der Waals surface area contributed by atoms with Gasteiger partial charge in [-0.1, -0.05) is 40.8 Å². The van der Waals surface area contributed by atoms with Gasteiger partial charge in [-0.3, -0.25) is 19.2 Å². The van der Waals surface area contributed by atoms with E-state index in [1.165, 1.54) is 20.1 Å². The number of esters is 1. The quantitative estimate of drug-likeness (QED) is 0.349. The molecule has 1 N–H and O–H groups in total. The lowest BCUT2D eigenvalue weighted by atomic mass is 10.2. The summed E-state index contributed by atoms with van der Waals surface area (Å²) in [5.74, 6) is -0.939. The van der Waals surface area contributed by atoms with E-state index in [1.807, 2.05) is 0 Å². The summed E-state index contributed by atoms with van der Waals surface area (Å²) in [6, 6.07) is 3.74. The second-order valence-corrected chi connectivity index (χ2v) is 10.4. The fourth-order valence-electron chi connectivity index (χ4n) is 2.31. The van der Waals surface area contributed by atoms with E-state index in [4.69, 9.17) is 11.6 Å². The van der Waals surface area contributed by atoms with E-state index in [2.05, 4.69) is 20.3 Å². The van der Waals surface area contributed by atoms with E-state index in [1.54, 1.807) is 19.1 Å². The van der Waals surface area contributed by atoms with Gasteiger partial charge < -0.3 is 4.74 Å². The SMILES string of the molecule is COC(=O)CSc1nnc(NC(=O)[C@@H](C)N(c2cc(Cl)ccc2C)S(C)(=O)=O)s1. The van der Waals surface area contributed by atoms with Gasteiger partial charge in [0.1, 0.15) is 6.04 Å². The maximum absolute atomic E-state index is 12.7. The van der Waals surface area contributed by atoms with Crippen molar-refractivity contribution in [2.45, 2.75) is 24.2 Å². The van der Waals surface area contributed by atoms with Gasteiger partial charge in [-0.15, -0.1) is 10.2 Å². The predicted octanol–water partition coefficient (Wildman–Crippen LogP) is 2.56. The molecule has 29 heavy (non-hydrogen) atoms. The van der Waals surface area contributed by atoms with Crippen LogP contribution in [0.25, 0.3) is 0 Å². The second kappa shape index (κ2) is 9.74. The van der Waals surface area contributed by atoms with Crippen molar-refractivity contribution >= 4 is 67.4 Å². The number of halogens is 1. The number of nitrogens with zero attached hydrogens (tertiary/aromatic N) is 3. The summed E-state index contributed by atoms with van der Waals surface area (Å²) in [6.07, 6.45) is 1.02. The van der Waals surface area contributed by atoms with Crippen LogP contribution in [0.2, 0.25) is 5.02 Å². The zero-order valence-corrected chi connectivity index (χ0v) is 19.2. The van der Waals surface area contributed by atoms with E-state index in [-0.39, 0.29) is 10.9 Å². The number of ether oxygens (including phenoxy) is 1. The molecule has 0 radical (unpaired) electrons. The molecule has 1 amide bonds. The number of hydrogen-bond acceptors (Lipinski definition) is 9. The largest absolute Gasteiger partial charge is 0.468 e. The molecule has 9 nitrogen and oxygen atoms in total. The Labute approximate surface area is 181 Å². The zero-order chi connectivity index (χ0) is 21.8. The van der Waals surface area contributed by atoms with Gasteiger partial charge in [0.15, 0.2) is 4.34 Å². The van der Waals surface area contributed by atoms with Gasteiger partial charge in [0.05, 0.1) is 24.8 Å². The highest BCUT2D eigenvalue weighted by Crippen LogP contribution is 2.29. The summed E-state index contributed by atoms with van der Waals surface area (Å²) >= 11 is 8.20. The van der Waals surface area contributed by atoms with Crippen LogP contribution >= 0.6 is 34.7 Å². The fourth-order valence-corrected chi connectivity index (χ4v) is 5.29. The van der Waals surface area contributed by atoms with Crippen molar-refractivity contribution in [2.75, 3.05) is 28.7 Å². The van der Waals surface area contributed by atoms with Crippen molar-refractivity contribution in [2.24, 2.45) is 0 Å². The van der Waals surface area contributed by atoms with Crippen molar-refractivity contribution in [3.05, 3.63) is 28.8 Å². The molecule has 0 aliphatic carbocycles. The molecule has 0 bridgehead atoms. The third-order valence-electron chi connectivity index (χ3n) is 3.67. The van der Waals surface area contributed by atoms with Gasteiger partial charge in [0.2, 0.25) is 21.1 Å². The third kappa shape index (κ3) is 6.29. The number of aromatic nitrogens is 2. The molecule has 2 aromatic rings. The Balaban J connectivity index is 2.19. The average Bonchev–Trinajstić information content (AvgIpc) is 3.08. The molecular weight excluding hydrogens is 460 g/mol. The highest BCUT2D eigenvalue weighted by Gasteiger charge is 2.31. The first-order chi connectivity index (χ1) is 13.5. The number of carbonyl (C=O) groups is 2. The molecule has 13 heteroatoms. The maximum atomic E-state index is 12.7. The van der Waals surface area contributed by atoms with Crippen LogP contribution in [0.3, 0.4) is 0 Å². The molecule has 0 spiro atoms. The number of rotatable bonds is 8. The van der Waals surface area contributed by atoms with Crippen LogP contribution in [0.4, 0.5) is 10.8 Å². The summed E-state index contributed by atoms with van der Waals surface area (Å²) in [4.78, 5) is 23.9. The number of thioether (sulfide) groups is 1. The van der Waals surface area contributed by atoms with E-state index in [9.17, 15) is 18.0 Å². The Kier molecular flexibility index (Phi) is 7.86. The lowest BCUT2D eigenvalue weighted by Gasteiger charge is -2.29. The lowest BCUT2D eigenvalue weighted by Crippen LogP contribution is -2.45. The molecule has 0 aliphatic rings. The number of anilines is 2. The minimum atomic E-state index is -3.78. The summed E-state index contributed by atoms with van der Waals surface area (Å²) in [6.45, 7) is 3.19. The van der Waals surface area contributed by atoms with Crippen LogP contribution in [0.15, 0.2) is 22.5 Å². The Morgan fingerprint density at radius 1 is 1.38 bits per heavy atom. The number of aryl methyl sites for hydroxylation is 1.